The highest BCUT2D eigenvalue weighted by Gasteiger charge is 2.46. The number of hydrogen-bond acceptors (Lipinski definition) is 12. The molecule has 1 rings (SSSR count). The van der Waals surface area contributed by atoms with Gasteiger partial charge in [0.05, 0.1) is 19.4 Å². The lowest BCUT2D eigenvalue weighted by Gasteiger charge is -2.42. The normalized spacial score (nSPS) is 36.4. The summed E-state index contributed by atoms with van der Waals surface area (Å²) in [5.41, 5.74) is 0. The first-order valence-corrected chi connectivity index (χ1v) is 7.07. The van der Waals surface area contributed by atoms with Crippen LogP contribution < -0.4 is 0 Å². The highest BCUT2D eigenvalue weighted by molar-refractivity contribution is 5.62. The molecule has 9 atom stereocenters. The lowest BCUT2D eigenvalue weighted by Crippen LogP contribution is -2.61. The third-order valence-corrected chi connectivity index (χ3v) is 3.61. The van der Waals surface area contributed by atoms with E-state index in [1.54, 1.807) is 0 Å². The van der Waals surface area contributed by atoms with Gasteiger partial charge in [0.15, 0.2) is 6.29 Å². The quantitative estimate of drug-likeness (QED) is 0.114. The molecule has 0 amide bonds. The van der Waals surface area contributed by atoms with E-state index >= 15 is 0 Å². The Balaban J connectivity index is 2.92. The number of hydrogen-bond donors (Lipinski definition) is 9. The molecule has 0 spiro atoms. The molecule has 0 unspecified atom stereocenters. The summed E-state index contributed by atoms with van der Waals surface area (Å²) in [7, 11) is 0. The predicted molar refractivity (Wildman–Crippen MR) is 74.0 cm³/mol. The Kier molecular flexibility index (Phi) is 8.38. The Hall–Kier alpha value is -0.930. The minimum Gasteiger partial charge on any atom is -0.411 e. The Morgan fingerprint density at radius 2 is 1.67 bits per heavy atom. The van der Waals surface area contributed by atoms with Crippen molar-refractivity contribution in [1.82, 2.24) is 0 Å². The van der Waals surface area contributed by atoms with Gasteiger partial charge >= 0.3 is 0 Å². The molecule has 0 saturated carbocycles. The van der Waals surface area contributed by atoms with Crippen molar-refractivity contribution in [2.24, 2.45) is 5.16 Å². The second-order valence-corrected chi connectivity index (χ2v) is 5.29. The van der Waals surface area contributed by atoms with E-state index in [1.807, 2.05) is 0 Å². The maximum Gasteiger partial charge on any atom is 0.187 e. The summed E-state index contributed by atoms with van der Waals surface area (Å²) in [4.78, 5) is 0. The number of oxime groups is 1. The maximum atomic E-state index is 9.92. The van der Waals surface area contributed by atoms with Gasteiger partial charge in [0.1, 0.15) is 48.8 Å². The van der Waals surface area contributed by atoms with Crippen LogP contribution in [0.25, 0.3) is 0 Å². The minimum atomic E-state index is -1.91. The number of ether oxygens (including phenoxy) is 2. The van der Waals surface area contributed by atoms with Crippen molar-refractivity contribution >= 4 is 6.21 Å². The van der Waals surface area contributed by atoms with Crippen LogP contribution in [0.5, 0.6) is 0 Å². The van der Waals surface area contributed by atoms with Crippen LogP contribution >= 0.6 is 0 Å². The molecule has 0 aromatic carbocycles. The van der Waals surface area contributed by atoms with Gasteiger partial charge < -0.3 is 55.5 Å². The van der Waals surface area contributed by atoms with E-state index in [1.165, 1.54) is 0 Å². The van der Waals surface area contributed by atoms with E-state index in [0.717, 1.165) is 0 Å². The van der Waals surface area contributed by atoms with Crippen LogP contribution in [0, 0.1) is 0 Å². The lowest BCUT2D eigenvalue weighted by molar-refractivity contribution is -0.326. The van der Waals surface area contributed by atoms with Crippen LogP contribution in [0.15, 0.2) is 5.16 Å². The smallest absolute Gasteiger partial charge is 0.187 e. The molecule has 142 valence electrons. The van der Waals surface area contributed by atoms with E-state index in [0.29, 0.717) is 6.21 Å². The summed E-state index contributed by atoms with van der Waals surface area (Å²) < 4.78 is 10.2. The van der Waals surface area contributed by atoms with E-state index in [4.69, 9.17) is 24.9 Å². The Morgan fingerprint density at radius 3 is 2.17 bits per heavy atom. The fourth-order valence-corrected chi connectivity index (χ4v) is 2.19. The zero-order valence-electron chi connectivity index (χ0n) is 12.5. The standard InChI is InChI=1S/C12H23NO11/c14-2-5(17)11(7(18)4(16)1-13-22)24-12-10(21)9(20)8(19)6(3-15)23-12/h1,4-12,14-22H,2-3H2/b13-1-/t4-,5+,6+,7+,8-,9-,10+,11+,12-/m0/s1. The summed E-state index contributed by atoms with van der Waals surface area (Å²) in [6.45, 7) is -1.62. The molecule has 1 aliphatic rings. The van der Waals surface area contributed by atoms with E-state index in [-0.39, 0.29) is 0 Å². The van der Waals surface area contributed by atoms with Gasteiger partial charge in [-0.05, 0) is 0 Å². The molecule has 0 aromatic rings. The first kappa shape index (κ1) is 21.1. The van der Waals surface area contributed by atoms with Gasteiger partial charge in [0, 0.05) is 0 Å². The van der Waals surface area contributed by atoms with Crippen LogP contribution in [0.2, 0.25) is 0 Å². The Labute approximate surface area is 136 Å². The fraction of sp³-hybridized carbons (Fsp3) is 0.917. The zero-order valence-corrected chi connectivity index (χ0v) is 12.5. The first-order chi connectivity index (χ1) is 11.3. The summed E-state index contributed by atoms with van der Waals surface area (Å²) in [6, 6.07) is 0. The molecule has 1 aliphatic heterocycles. The average Bonchev–Trinajstić information content (AvgIpc) is 2.58. The van der Waals surface area contributed by atoms with Crippen LogP contribution in [0.4, 0.5) is 0 Å². The van der Waals surface area contributed by atoms with Crippen molar-refractivity contribution in [2.45, 2.75) is 55.1 Å². The van der Waals surface area contributed by atoms with Gasteiger partial charge in [-0.3, -0.25) is 0 Å². The Bertz CT molecular complexity index is 395. The van der Waals surface area contributed by atoms with Gasteiger partial charge in [-0.25, -0.2) is 0 Å². The van der Waals surface area contributed by atoms with Crippen molar-refractivity contribution in [1.29, 1.82) is 0 Å². The van der Waals surface area contributed by atoms with Crippen molar-refractivity contribution in [3.05, 3.63) is 0 Å². The second-order valence-electron chi connectivity index (χ2n) is 5.29. The third-order valence-electron chi connectivity index (χ3n) is 3.61. The van der Waals surface area contributed by atoms with Crippen LogP contribution in [0.1, 0.15) is 0 Å². The highest BCUT2D eigenvalue weighted by Crippen LogP contribution is 2.24. The average molecular weight is 357 g/mol. The van der Waals surface area contributed by atoms with Gasteiger partial charge in [-0.2, -0.15) is 0 Å². The van der Waals surface area contributed by atoms with E-state index in [2.05, 4.69) is 5.16 Å². The molecular formula is C12H23NO11. The third kappa shape index (κ3) is 4.80. The molecule has 24 heavy (non-hydrogen) atoms. The summed E-state index contributed by atoms with van der Waals surface area (Å²) in [5.74, 6) is 0. The summed E-state index contributed by atoms with van der Waals surface area (Å²) in [5, 5.41) is 87.3. The number of aliphatic hydroxyl groups excluding tert-OH is 8. The van der Waals surface area contributed by atoms with Crippen molar-refractivity contribution in [2.75, 3.05) is 13.2 Å². The summed E-state index contributed by atoms with van der Waals surface area (Å²) in [6.07, 6.45) is -14.9. The van der Waals surface area contributed by atoms with Crippen LogP contribution in [0.3, 0.4) is 0 Å². The SMILES string of the molecule is OC[C@@H](O)[C@@H](O[C@@H]1O[C@H](CO)[C@H](O)[C@H](O)[C@H]1O)[C@H](O)[C@@H](O)/C=N\O. The molecule has 12 nitrogen and oxygen atoms in total. The monoisotopic (exact) mass is 357 g/mol. The van der Waals surface area contributed by atoms with Crippen molar-refractivity contribution < 1.29 is 55.5 Å². The maximum absolute atomic E-state index is 9.92. The van der Waals surface area contributed by atoms with Crippen molar-refractivity contribution in [3.8, 4) is 0 Å². The van der Waals surface area contributed by atoms with Gasteiger partial charge in [0.25, 0.3) is 0 Å². The number of rotatable bonds is 8. The zero-order chi connectivity index (χ0) is 18.4. The fourth-order valence-electron chi connectivity index (χ4n) is 2.19. The second kappa shape index (κ2) is 9.53. The van der Waals surface area contributed by atoms with Crippen LogP contribution in [-0.4, -0.2) is 121 Å². The highest BCUT2D eigenvalue weighted by atomic mass is 16.7. The molecule has 0 radical (unpaired) electrons. The van der Waals surface area contributed by atoms with Crippen LogP contribution in [-0.2, 0) is 9.47 Å². The molecular weight excluding hydrogens is 334 g/mol. The minimum absolute atomic E-state index is 0.526. The molecule has 9 N–H and O–H groups in total. The lowest BCUT2D eigenvalue weighted by atomic mass is 9.98. The topological polar surface area (TPSA) is 213 Å². The summed E-state index contributed by atoms with van der Waals surface area (Å²) >= 11 is 0. The molecule has 0 aromatic heterocycles. The molecule has 0 bridgehead atoms. The molecule has 1 fully saturated rings. The largest absolute Gasteiger partial charge is 0.411 e. The van der Waals surface area contributed by atoms with Gasteiger partial charge in [-0.1, -0.05) is 5.16 Å². The van der Waals surface area contributed by atoms with E-state index < -0.39 is 68.3 Å². The molecule has 1 saturated heterocycles. The number of aliphatic hydroxyl groups is 8. The van der Waals surface area contributed by atoms with Crippen molar-refractivity contribution in [3.63, 3.8) is 0 Å². The van der Waals surface area contributed by atoms with Gasteiger partial charge in [0.2, 0.25) is 0 Å². The predicted octanol–water partition coefficient (Wildman–Crippen LogP) is -5.29. The Morgan fingerprint density at radius 1 is 1.04 bits per heavy atom. The van der Waals surface area contributed by atoms with Gasteiger partial charge in [-0.15, -0.1) is 0 Å². The molecule has 1 heterocycles. The van der Waals surface area contributed by atoms with E-state index in [9.17, 15) is 30.6 Å². The molecule has 0 aliphatic carbocycles. The molecule has 12 heteroatoms. The number of nitrogens with zero attached hydrogens (tertiary/aromatic N) is 1. The first-order valence-electron chi connectivity index (χ1n) is 7.07.